The Morgan fingerprint density at radius 2 is 1.76 bits per heavy atom. The molecule has 2 N–H and O–H groups in total. The average Bonchev–Trinajstić information content (AvgIpc) is 2.68. The fourth-order valence-electron chi connectivity index (χ4n) is 3.46. The first-order chi connectivity index (χ1) is 13.7. The topological polar surface area (TPSA) is 27.3 Å². The molecular formula is C22H26F3N3S. The second kappa shape index (κ2) is 9.03. The van der Waals surface area contributed by atoms with Crippen molar-refractivity contribution in [2.24, 2.45) is 5.92 Å². The van der Waals surface area contributed by atoms with E-state index in [1.807, 2.05) is 6.92 Å². The summed E-state index contributed by atoms with van der Waals surface area (Å²) in [6, 6.07) is 13.3. The Kier molecular flexibility index (Phi) is 6.67. The van der Waals surface area contributed by atoms with Gasteiger partial charge in [0.15, 0.2) is 5.11 Å². The minimum Gasteiger partial charge on any atom is -0.372 e. The molecule has 0 radical (unpaired) electrons. The number of rotatable bonds is 4. The van der Waals surface area contributed by atoms with Crippen LogP contribution in [0.25, 0.3) is 0 Å². The zero-order valence-corrected chi connectivity index (χ0v) is 17.4. The van der Waals surface area contributed by atoms with Crippen LogP contribution in [-0.2, 0) is 6.18 Å². The molecule has 0 bridgehead atoms. The number of piperidine rings is 1. The van der Waals surface area contributed by atoms with Gasteiger partial charge in [0, 0.05) is 24.5 Å². The summed E-state index contributed by atoms with van der Waals surface area (Å²) in [5, 5.41) is 6.25. The molecule has 1 atom stereocenters. The quantitative estimate of drug-likeness (QED) is 0.593. The maximum atomic E-state index is 12.8. The summed E-state index contributed by atoms with van der Waals surface area (Å²) in [4.78, 5) is 2.40. The standard InChI is InChI=1S/C22H26F3N3S/c1-15-10-12-28(13-11-15)20-8-6-17(7-9-20)16(2)26-21(29)27-19-5-3-4-18(14-19)22(23,24)25/h3-9,14-16H,10-13H2,1-2H3,(H2,26,27,29)/t16-/m1/s1. The number of benzene rings is 2. The zero-order valence-electron chi connectivity index (χ0n) is 16.6. The van der Waals surface area contributed by atoms with Gasteiger partial charge in [-0.05, 0) is 73.8 Å². The van der Waals surface area contributed by atoms with E-state index < -0.39 is 11.7 Å². The van der Waals surface area contributed by atoms with Crippen molar-refractivity contribution in [3.8, 4) is 0 Å². The third-order valence-electron chi connectivity index (χ3n) is 5.34. The lowest BCUT2D eigenvalue weighted by atomic mass is 9.98. The zero-order chi connectivity index (χ0) is 21.0. The van der Waals surface area contributed by atoms with Crippen LogP contribution < -0.4 is 15.5 Å². The van der Waals surface area contributed by atoms with Gasteiger partial charge in [-0.15, -0.1) is 0 Å². The van der Waals surface area contributed by atoms with Crippen LogP contribution in [0.5, 0.6) is 0 Å². The highest BCUT2D eigenvalue weighted by atomic mass is 32.1. The molecule has 1 fully saturated rings. The molecule has 0 unspecified atom stereocenters. The largest absolute Gasteiger partial charge is 0.416 e. The minimum atomic E-state index is -4.38. The highest BCUT2D eigenvalue weighted by molar-refractivity contribution is 7.80. The lowest BCUT2D eigenvalue weighted by molar-refractivity contribution is -0.137. The molecule has 3 nitrogen and oxygen atoms in total. The van der Waals surface area contributed by atoms with Crippen LogP contribution in [0.15, 0.2) is 48.5 Å². The van der Waals surface area contributed by atoms with Crippen LogP contribution >= 0.6 is 12.2 Å². The van der Waals surface area contributed by atoms with Crippen LogP contribution in [0.3, 0.4) is 0 Å². The molecule has 0 saturated carbocycles. The van der Waals surface area contributed by atoms with Crippen molar-refractivity contribution >= 4 is 28.7 Å². The van der Waals surface area contributed by atoms with Crippen LogP contribution in [0.4, 0.5) is 24.5 Å². The molecule has 0 spiro atoms. The number of anilines is 2. The van der Waals surface area contributed by atoms with Crippen LogP contribution in [0.1, 0.15) is 43.9 Å². The van der Waals surface area contributed by atoms with Gasteiger partial charge in [0.2, 0.25) is 0 Å². The maximum absolute atomic E-state index is 12.8. The summed E-state index contributed by atoms with van der Waals surface area (Å²) >= 11 is 5.28. The van der Waals surface area contributed by atoms with Gasteiger partial charge >= 0.3 is 6.18 Å². The molecule has 29 heavy (non-hydrogen) atoms. The molecule has 156 valence electrons. The molecule has 0 aromatic heterocycles. The van der Waals surface area contributed by atoms with Crippen molar-refractivity contribution in [3.05, 3.63) is 59.7 Å². The summed E-state index contributed by atoms with van der Waals surface area (Å²) < 4.78 is 38.5. The van der Waals surface area contributed by atoms with E-state index in [1.165, 1.54) is 24.6 Å². The van der Waals surface area contributed by atoms with Gasteiger partial charge in [0.25, 0.3) is 0 Å². The van der Waals surface area contributed by atoms with E-state index in [-0.39, 0.29) is 11.2 Å². The summed E-state index contributed by atoms with van der Waals surface area (Å²) in [6.07, 6.45) is -1.95. The van der Waals surface area contributed by atoms with Gasteiger partial charge < -0.3 is 15.5 Å². The lowest BCUT2D eigenvalue weighted by Crippen LogP contribution is -2.33. The number of alkyl halides is 3. The van der Waals surface area contributed by atoms with Crippen molar-refractivity contribution in [1.29, 1.82) is 0 Å². The fraction of sp³-hybridized carbons (Fsp3) is 0.409. The molecule has 1 saturated heterocycles. The Morgan fingerprint density at radius 1 is 1.10 bits per heavy atom. The van der Waals surface area contributed by atoms with Gasteiger partial charge in [-0.25, -0.2) is 0 Å². The molecular weight excluding hydrogens is 395 g/mol. The Balaban J connectivity index is 1.57. The first-order valence-electron chi connectivity index (χ1n) is 9.82. The molecule has 1 heterocycles. The highest BCUT2D eigenvalue weighted by Gasteiger charge is 2.30. The lowest BCUT2D eigenvalue weighted by Gasteiger charge is -2.32. The summed E-state index contributed by atoms with van der Waals surface area (Å²) in [6.45, 7) is 6.43. The van der Waals surface area contributed by atoms with Crippen molar-refractivity contribution in [2.75, 3.05) is 23.3 Å². The van der Waals surface area contributed by atoms with E-state index in [2.05, 4.69) is 46.7 Å². The number of thiocarbonyl (C=S) groups is 1. The van der Waals surface area contributed by atoms with Crippen molar-refractivity contribution < 1.29 is 13.2 Å². The molecule has 7 heteroatoms. The van der Waals surface area contributed by atoms with Gasteiger partial charge in [-0.2, -0.15) is 13.2 Å². The van der Waals surface area contributed by atoms with Gasteiger partial charge in [-0.3, -0.25) is 0 Å². The third-order valence-corrected chi connectivity index (χ3v) is 5.56. The number of halogens is 3. The normalized spacial score (nSPS) is 16.4. The first-order valence-corrected chi connectivity index (χ1v) is 10.2. The third kappa shape index (κ3) is 5.85. The molecule has 3 rings (SSSR count). The fourth-order valence-corrected chi connectivity index (χ4v) is 3.76. The average molecular weight is 422 g/mol. The van der Waals surface area contributed by atoms with Crippen molar-refractivity contribution in [3.63, 3.8) is 0 Å². The highest BCUT2D eigenvalue weighted by Crippen LogP contribution is 2.30. The number of nitrogens with one attached hydrogen (secondary N) is 2. The second-order valence-corrected chi connectivity index (χ2v) is 8.07. The number of nitrogens with zero attached hydrogens (tertiary/aromatic N) is 1. The minimum absolute atomic E-state index is 0.0729. The van der Waals surface area contributed by atoms with Gasteiger partial charge in [-0.1, -0.05) is 25.1 Å². The van der Waals surface area contributed by atoms with E-state index in [0.717, 1.165) is 36.7 Å². The van der Waals surface area contributed by atoms with Crippen LogP contribution in [0.2, 0.25) is 0 Å². The SMILES string of the molecule is CC1CCN(c2ccc([C@@H](C)NC(=S)Nc3cccc(C(F)(F)F)c3)cc2)CC1. The monoisotopic (exact) mass is 421 g/mol. The van der Waals surface area contributed by atoms with Gasteiger partial charge in [0.05, 0.1) is 11.6 Å². The molecule has 2 aromatic carbocycles. The van der Waals surface area contributed by atoms with Crippen molar-refractivity contribution in [1.82, 2.24) is 5.32 Å². The Labute approximate surface area is 175 Å². The van der Waals surface area contributed by atoms with E-state index in [1.54, 1.807) is 6.07 Å². The van der Waals surface area contributed by atoms with Crippen LogP contribution in [-0.4, -0.2) is 18.2 Å². The van der Waals surface area contributed by atoms with E-state index >= 15 is 0 Å². The molecule has 0 aliphatic carbocycles. The second-order valence-electron chi connectivity index (χ2n) is 7.66. The molecule has 0 amide bonds. The predicted octanol–water partition coefficient (Wildman–Crippen LogP) is 5.99. The summed E-state index contributed by atoms with van der Waals surface area (Å²) in [5.41, 5.74) is 1.88. The van der Waals surface area contributed by atoms with Gasteiger partial charge in [0.1, 0.15) is 0 Å². The van der Waals surface area contributed by atoms with Crippen molar-refractivity contribution in [2.45, 2.75) is 38.9 Å². The van der Waals surface area contributed by atoms with E-state index in [9.17, 15) is 13.2 Å². The summed E-state index contributed by atoms with van der Waals surface area (Å²) in [7, 11) is 0. The molecule has 1 aliphatic rings. The number of hydrogen-bond donors (Lipinski definition) is 2. The first kappa shape index (κ1) is 21.4. The molecule has 1 aliphatic heterocycles. The predicted molar refractivity (Wildman–Crippen MR) is 116 cm³/mol. The Morgan fingerprint density at radius 3 is 2.38 bits per heavy atom. The van der Waals surface area contributed by atoms with E-state index in [0.29, 0.717) is 5.69 Å². The Bertz CT molecular complexity index is 828. The Hall–Kier alpha value is -2.28. The van der Waals surface area contributed by atoms with E-state index in [4.69, 9.17) is 12.2 Å². The maximum Gasteiger partial charge on any atom is 0.416 e. The summed E-state index contributed by atoms with van der Waals surface area (Å²) in [5.74, 6) is 0.792. The number of hydrogen-bond acceptors (Lipinski definition) is 2. The van der Waals surface area contributed by atoms with Crippen LogP contribution in [0, 0.1) is 5.92 Å². The molecule has 2 aromatic rings. The smallest absolute Gasteiger partial charge is 0.372 e.